The van der Waals surface area contributed by atoms with Crippen molar-refractivity contribution in [1.82, 2.24) is 4.90 Å². The van der Waals surface area contributed by atoms with E-state index in [2.05, 4.69) is 11.6 Å². The van der Waals surface area contributed by atoms with Crippen molar-refractivity contribution in [3.8, 4) is 0 Å². The van der Waals surface area contributed by atoms with E-state index >= 15 is 0 Å². The number of benzene rings is 2. The molecule has 128 valence electrons. The first-order chi connectivity index (χ1) is 11.4. The minimum absolute atomic E-state index is 0.0705. The number of unbranched alkanes of at least 4 members (excludes halogenated alkanes) is 1. The number of nitrogens with one attached hydrogen (secondary N) is 1. The van der Waals surface area contributed by atoms with E-state index in [4.69, 9.17) is 0 Å². The molecule has 0 bridgehead atoms. The Balaban J connectivity index is 2.21. The van der Waals surface area contributed by atoms with Gasteiger partial charge in [-0.1, -0.05) is 37.6 Å². The molecule has 2 aromatic rings. The van der Waals surface area contributed by atoms with Gasteiger partial charge in [-0.2, -0.15) is 0 Å². The zero-order chi connectivity index (χ0) is 17.6. The summed E-state index contributed by atoms with van der Waals surface area (Å²) >= 11 is 0. The number of anilines is 1. The van der Waals surface area contributed by atoms with Crippen molar-refractivity contribution in [3.05, 3.63) is 60.2 Å². The number of nitrogens with zero attached hydrogens (tertiary/aromatic N) is 1. The lowest BCUT2D eigenvalue weighted by molar-refractivity contribution is 0.0793. The van der Waals surface area contributed by atoms with Gasteiger partial charge in [0, 0.05) is 24.8 Å². The standard InChI is InChI=1S/C18H22N2O3S/c1-3-4-13-20(2)18(21)15-9-8-12-17(14-15)24(22,23)19-16-10-6-5-7-11-16/h5-12,14,19H,3-4,13H2,1-2H3. The molecular weight excluding hydrogens is 324 g/mol. The summed E-state index contributed by atoms with van der Waals surface area (Å²) in [6.45, 7) is 2.70. The molecule has 0 heterocycles. The lowest BCUT2D eigenvalue weighted by atomic mass is 10.2. The Labute approximate surface area is 143 Å². The normalized spacial score (nSPS) is 11.1. The summed E-state index contributed by atoms with van der Waals surface area (Å²) in [5.74, 6) is -0.180. The maximum absolute atomic E-state index is 12.5. The molecule has 0 atom stereocenters. The van der Waals surface area contributed by atoms with Crippen LogP contribution in [0.25, 0.3) is 0 Å². The second kappa shape index (κ2) is 7.97. The predicted molar refractivity (Wildman–Crippen MR) is 95.6 cm³/mol. The van der Waals surface area contributed by atoms with Crippen LogP contribution >= 0.6 is 0 Å². The summed E-state index contributed by atoms with van der Waals surface area (Å²) in [5.41, 5.74) is 0.846. The van der Waals surface area contributed by atoms with Crippen molar-refractivity contribution in [1.29, 1.82) is 0 Å². The monoisotopic (exact) mass is 346 g/mol. The van der Waals surface area contributed by atoms with Crippen molar-refractivity contribution in [2.24, 2.45) is 0 Å². The van der Waals surface area contributed by atoms with Crippen LogP contribution in [0.4, 0.5) is 5.69 Å². The highest BCUT2D eigenvalue weighted by molar-refractivity contribution is 7.92. The summed E-state index contributed by atoms with van der Waals surface area (Å²) < 4.78 is 27.5. The molecule has 1 amide bonds. The number of para-hydroxylation sites is 1. The minimum Gasteiger partial charge on any atom is -0.342 e. The van der Waals surface area contributed by atoms with E-state index in [9.17, 15) is 13.2 Å². The highest BCUT2D eigenvalue weighted by Crippen LogP contribution is 2.17. The van der Waals surface area contributed by atoms with E-state index in [1.54, 1.807) is 48.3 Å². The van der Waals surface area contributed by atoms with Crippen molar-refractivity contribution in [3.63, 3.8) is 0 Å². The molecule has 2 aromatic carbocycles. The molecular formula is C18H22N2O3S. The van der Waals surface area contributed by atoms with E-state index in [-0.39, 0.29) is 10.8 Å². The van der Waals surface area contributed by atoms with Crippen LogP contribution in [-0.2, 0) is 10.0 Å². The molecule has 0 spiro atoms. The Bertz CT molecular complexity index is 789. The molecule has 1 N–H and O–H groups in total. The topological polar surface area (TPSA) is 66.5 Å². The lowest BCUT2D eigenvalue weighted by Crippen LogP contribution is -2.27. The lowest BCUT2D eigenvalue weighted by Gasteiger charge is -2.17. The summed E-state index contributed by atoms with van der Waals surface area (Å²) in [4.78, 5) is 14.1. The second-order valence-electron chi connectivity index (χ2n) is 5.58. The summed E-state index contributed by atoms with van der Waals surface area (Å²) in [5, 5.41) is 0. The molecule has 0 saturated carbocycles. The molecule has 0 aliphatic rings. The Morgan fingerprint density at radius 2 is 1.79 bits per heavy atom. The Morgan fingerprint density at radius 1 is 1.08 bits per heavy atom. The average molecular weight is 346 g/mol. The number of amides is 1. The molecule has 0 saturated heterocycles. The molecule has 24 heavy (non-hydrogen) atoms. The van der Waals surface area contributed by atoms with Crippen LogP contribution in [0.15, 0.2) is 59.5 Å². The van der Waals surface area contributed by atoms with Gasteiger partial charge in [-0.05, 0) is 36.8 Å². The molecule has 0 aromatic heterocycles. The fourth-order valence-corrected chi connectivity index (χ4v) is 3.34. The largest absolute Gasteiger partial charge is 0.342 e. The van der Waals surface area contributed by atoms with Crippen molar-refractivity contribution >= 4 is 21.6 Å². The smallest absolute Gasteiger partial charge is 0.261 e. The number of carbonyl (C=O) groups excluding carboxylic acids is 1. The van der Waals surface area contributed by atoms with E-state index in [1.807, 2.05) is 6.07 Å². The Kier molecular flexibility index (Phi) is 5.98. The van der Waals surface area contributed by atoms with Crippen LogP contribution in [0.5, 0.6) is 0 Å². The molecule has 5 nitrogen and oxygen atoms in total. The van der Waals surface area contributed by atoms with Crippen LogP contribution in [0.3, 0.4) is 0 Å². The molecule has 0 radical (unpaired) electrons. The molecule has 2 rings (SSSR count). The van der Waals surface area contributed by atoms with Crippen LogP contribution < -0.4 is 4.72 Å². The van der Waals surface area contributed by atoms with E-state index < -0.39 is 10.0 Å². The van der Waals surface area contributed by atoms with Gasteiger partial charge in [0.15, 0.2) is 0 Å². The van der Waals surface area contributed by atoms with Crippen LogP contribution in [0.1, 0.15) is 30.1 Å². The minimum atomic E-state index is -3.73. The highest BCUT2D eigenvalue weighted by Gasteiger charge is 2.18. The quantitative estimate of drug-likeness (QED) is 0.836. The van der Waals surface area contributed by atoms with Crippen molar-refractivity contribution < 1.29 is 13.2 Å². The van der Waals surface area contributed by atoms with Crippen molar-refractivity contribution in [2.75, 3.05) is 18.3 Å². The first kappa shape index (κ1) is 18.0. The average Bonchev–Trinajstić information content (AvgIpc) is 2.59. The van der Waals surface area contributed by atoms with Crippen LogP contribution in [0, 0.1) is 0 Å². The predicted octanol–water partition coefficient (Wildman–Crippen LogP) is 3.36. The third-order valence-corrected chi connectivity index (χ3v) is 4.99. The second-order valence-corrected chi connectivity index (χ2v) is 7.26. The molecule has 0 aliphatic carbocycles. The van der Waals surface area contributed by atoms with Crippen LogP contribution in [-0.4, -0.2) is 32.8 Å². The zero-order valence-corrected chi connectivity index (χ0v) is 14.7. The molecule has 0 aliphatic heterocycles. The van der Waals surface area contributed by atoms with Gasteiger partial charge in [-0.3, -0.25) is 9.52 Å². The highest BCUT2D eigenvalue weighted by atomic mass is 32.2. The van der Waals surface area contributed by atoms with Gasteiger partial charge in [0.2, 0.25) is 0 Å². The van der Waals surface area contributed by atoms with Crippen LogP contribution in [0.2, 0.25) is 0 Å². The number of sulfonamides is 1. The number of carbonyl (C=O) groups is 1. The zero-order valence-electron chi connectivity index (χ0n) is 13.9. The van der Waals surface area contributed by atoms with Gasteiger partial charge < -0.3 is 4.90 Å². The van der Waals surface area contributed by atoms with Gasteiger partial charge in [-0.25, -0.2) is 8.42 Å². The summed E-state index contributed by atoms with van der Waals surface area (Å²) in [7, 11) is -2.01. The summed E-state index contributed by atoms with van der Waals surface area (Å²) in [6.07, 6.45) is 1.91. The van der Waals surface area contributed by atoms with Gasteiger partial charge in [-0.15, -0.1) is 0 Å². The molecule has 6 heteroatoms. The van der Waals surface area contributed by atoms with Gasteiger partial charge in [0.25, 0.3) is 15.9 Å². The summed E-state index contributed by atoms with van der Waals surface area (Å²) in [6, 6.07) is 14.8. The Hall–Kier alpha value is -2.34. The molecule has 0 fully saturated rings. The SMILES string of the molecule is CCCCN(C)C(=O)c1cccc(S(=O)(=O)Nc2ccccc2)c1. The molecule has 0 unspecified atom stereocenters. The maximum atomic E-state index is 12.5. The fourth-order valence-electron chi connectivity index (χ4n) is 2.23. The van der Waals surface area contributed by atoms with Crippen molar-refractivity contribution in [2.45, 2.75) is 24.7 Å². The van der Waals surface area contributed by atoms with Gasteiger partial charge >= 0.3 is 0 Å². The number of hydrogen-bond acceptors (Lipinski definition) is 3. The van der Waals surface area contributed by atoms with Gasteiger partial charge in [0.1, 0.15) is 0 Å². The third kappa shape index (κ3) is 4.58. The van der Waals surface area contributed by atoms with E-state index in [0.717, 1.165) is 12.8 Å². The van der Waals surface area contributed by atoms with E-state index in [1.165, 1.54) is 12.1 Å². The fraction of sp³-hybridized carbons (Fsp3) is 0.278. The first-order valence-electron chi connectivity index (χ1n) is 7.87. The third-order valence-electron chi connectivity index (χ3n) is 3.61. The first-order valence-corrected chi connectivity index (χ1v) is 9.36. The Morgan fingerprint density at radius 3 is 2.46 bits per heavy atom. The number of hydrogen-bond donors (Lipinski definition) is 1. The van der Waals surface area contributed by atoms with Gasteiger partial charge in [0.05, 0.1) is 4.90 Å². The van der Waals surface area contributed by atoms with E-state index in [0.29, 0.717) is 17.8 Å². The number of rotatable bonds is 7. The maximum Gasteiger partial charge on any atom is 0.261 e.